The first kappa shape index (κ1) is 24.8. The maximum atomic E-state index is 12.7. The number of carbonyl (C=O) groups is 1. The molecule has 3 aromatic carbocycles. The number of rotatable bonds is 7. The van der Waals surface area contributed by atoms with Gasteiger partial charge in [0.2, 0.25) is 0 Å². The lowest BCUT2D eigenvalue weighted by Gasteiger charge is -2.14. The number of aryl methyl sites for hydroxylation is 2. The van der Waals surface area contributed by atoms with Crippen LogP contribution >= 0.6 is 38.5 Å². The van der Waals surface area contributed by atoms with Crippen LogP contribution in [-0.2, 0) is 11.4 Å². The standard InChI is InChI=1S/C26H22BrIN2O3/c1-16-8-9-17(2)23(10-16)30-26(31)20(14-29)11-18-12-22(28)25(24(13-18)32-3)33-15-19-6-4-5-7-21(19)27/h4-13H,15H2,1-3H3,(H,30,31)/b20-11+. The predicted octanol–water partition coefficient (Wildman–Crippen LogP) is 6.80. The molecule has 3 rings (SSSR count). The van der Waals surface area contributed by atoms with E-state index in [9.17, 15) is 10.1 Å². The summed E-state index contributed by atoms with van der Waals surface area (Å²) in [6.07, 6.45) is 1.54. The van der Waals surface area contributed by atoms with Crippen LogP contribution in [0, 0.1) is 28.7 Å². The summed E-state index contributed by atoms with van der Waals surface area (Å²) >= 11 is 5.69. The molecule has 3 aromatic rings. The van der Waals surface area contributed by atoms with Crippen molar-refractivity contribution in [3.05, 3.63) is 90.5 Å². The number of halogens is 2. The van der Waals surface area contributed by atoms with Crippen LogP contribution in [0.3, 0.4) is 0 Å². The highest BCUT2D eigenvalue weighted by atomic mass is 127. The summed E-state index contributed by atoms with van der Waals surface area (Å²) in [5, 5.41) is 12.4. The highest BCUT2D eigenvalue weighted by Crippen LogP contribution is 2.35. The third-order valence-electron chi connectivity index (χ3n) is 4.90. The first-order chi connectivity index (χ1) is 15.8. The Morgan fingerprint density at radius 2 is 1.94 bits per heavy atom. The molecule has 1 amide bonds. The van der Waals surface area contributed by atoms with Crippen molar-refractivity contribution in [2.24, 2.45) is 0 Å². The minimum absolute atomic E-state index is 0.00403. The molecule has 0 aliphatic rings. The Morgan fingerprint density at radius 1 is 1.18 bits per heavy atom. The van der Waals surface area contributed by atoms with E-state index in [0.29, 0.717) is 29.4 Å². The topological polar surface area (TPSA) is 71.3 Å². The summed E-state index contributed by atoms with van der Waals surface area (Å²) in [7, 11) is 1.56. The lowest BCUT2D eigenvalue weighted by atomic mass is 10.1. The van der Waals surface area contributed by atoms with Crippen LogP contribution in [0.1, 0.15) is 22.3 Å². The fourth-order valence-electron chi connectivity index (χ4n) is 3.10. The molecule has 0 atom stereocenters. The number of methoxy groups -OCH3 is 1. The fourth-order valence-corrected chi connectivity index (χ4v) is 4.28. The van der Waals surface area contributed by atoms with E-state index in [1.807, 2.05) is 68.4 Å². The number of hydrogen-bond acceptors (Lipinski definition) is 4. The van der Waals surface area contributed by atoms with Crippen LogP contribution < -0.4 is 14.8 Å². The molecule has 33 heavy (non-hydrogen) atoms. The number of anilines is 1. The number of ether oxygens (including phenoxy) is 2. The first-order valence-electron chi connectivity index (χ1n) is 10.1. The number of nitriles is 1. The maximum Gasteiger partial charge on any atom is 0.266 e. The predicted molar refractivity (Wildman–Crippen MR) is 142 cm³/mol. The average molecular weight is 617 g/mol. The van der Waals surface area contributed by atoms with E-state index in [-0.39, 0.29) is 5.57 Å². The number of hydrogen-bond donors (Lipinski definition) is 1. The molecule has 0 radical (unpaired) electrons. The van der Waals surface area contributed by atoms with E-state index in [2.05, 4.69) is 43.8 Å². The quantitative estimate of drug-likeness (QED) is 0.180. The van der Waals surface area contributed by atoms with Crippen LogP contribution in [0.15, 0.2) is 64.6 Å². The van der Waals surface area contributed by atoms with Crippen LogP contribution in [0.4, 0.5) is 5.69 Å². The SMILES string of the molecule is COc1cc(/C=C(\C#N)C(=O)Nc2cc(C)ccc2C)cc(I)c1OCc1ccccc1Br. The zero-order chi connectivity index (χ0) is 24.0. The Morgan fingerprint density at radius 3 is 2.64 bits per heavy atom. The molecule has 0 spiro atoms. The van der Waals surface area contributed by atoms with Gasteiger partial charge >= 0.3 is 0 Å². The molecule has 0 fully saturated rings. The van der Waals surface area contributed by atoms with Crippen molar-refractivity contribution >= 4 is 56.2 Å². The molecule has 0 aliphatic carbocycles. The van der Waals surface area contributed by atoms with Gasteiger partial charge in [0.05, 0.1) is 10.7 Å². The van der Waals surface area contributed by atoms with E-state index >= 15 is 0 Å². The number of carbonyl (C=O) groups excluding carboxylic acids is 1. The Hall–Kier alpha value is -2.83. The Kier molecular flexibility index (Phi) is 8.53. The Labute approximate surface area is 215 Å². The molecule has 0 aromatic heterocycles. The minimum Gasteiger partial charge on any atom is -0.493 e. The second kappa shape index (κ2) is 11.3. The van der Waals surface area contributed by atoms with Gasteiger partial charge in [0.1, 0.15) is 18.2 Å². The number of nitrogens with zero attached hydrogens (tertiary/aromatic N) is 1. The first-order valence-corrected chi connectivity index (χ1v) is 11.9. The molecule has 168 valence electrons. The fraction of sp³-hybridized carbons (Fsp3) is 0.154. The number of nitrogens with one attached hydrogen (secondary N) is 1. The maximum absolute atomic E-state index is 12.7. The Balaban J connectivity index is 1.85. The largest absolute Gasteiger partial charge is 0.493 e. The van der Waals surface area contributed by atoms with Crippen molar-refractivity contribution in [2.45, 2.75) is 20.5 Å². The van der Waals surface area contributed by atoms with Gasteiger partial charge in [-0.05, 0) is 83.5 Å². The van der Waals surface area contributed by atoms with Gasteiger partial charge in [0.15, 0.2) is 11.5 Å². The highest BCUT2D eigenvalue weighted by Gasteiger charge is 2.15. The monoisotopic (exact) mass is 616 g/mol. The van der Waals surface area contributed by atoms with Gasteiger partial charge in [-0.1, -0.05) is 46.3 Å². The van der Waals surface area contributed by atoms with Gasteiger partial charge in [0, 0.05) is 15.7 Å². The van der Waals surface area contributed by atoms with Crippen LogP contribution in [0.5, 0.6) is 11.5 Å². The second-order valence-corrected chi connectivity index (χ2v) is 9.37. The van der Waals surface area contributed by atoms with Gasteiger partial charge in [-0.25, -0.2) is 0 Å². The van der Waals surface area contributed by atoms with Crippen LogP contribution in [0.25, 0.3) is 6.08 Å². The van der Waals surface area contributed by atoms with E-state index in [1.165, 1.54) is 0 Å². The molecular weight excluding hydrogens is 595 g/mol. The summed E-state index contributed by atoms with van der Waals surface area (Å²) in [5.41, 5.74) is 4.30. The molecule has 0 saturated heterocycles. The van der Waals surface area contributed by atoms with E-state index in [0.717, 1.165) is 24.7 Å². The normalized spacial score (nSPS) is 11.0. The molecule has 1 N–H and O–H groups in total. The van der Waals surface area contributed by atoms with E-state index in [1.54, 1.807) is 19.3 Å². The van der Waals surface area contributed by atoms with E-state index in [4.69, 9.17) is 9.47 Å². The van der Waals surface area contributed by atoms with Crippen LogP contribution in [0.2, 0.25) is 0 Å². The highest BCUT2D eigenvalue weighted by molar-refractivity contribution is 14.1. The molecule has 0 unspecified atom stereocenters. The van der Waals surface area contributed by atoms with Gasteiger partial charge in [0.25, 0.3) is 5.91 Å². The van der Waals surface area contributed by atoms with Gasteiger partial charge < -0.3 is 14.8 Å². The molecule has 0 heterocycles. The summed E-state index contributed by atoms with van der Waals surface area (Å²) in [6, 6.07) is 19.2. The Bertz CT molecular complexity index is 1260. The summed E-state index contributed by atoms with van der Waals surface area (Å²) in [6.45, 7) is 4.22. The lowest BCUT2D eigenvalue weighted by Crippen LogP contribution is -2.14. The van der Waals surface area contributed by atoms with E-state index < -0.39 is 5.91 Å². The lowest BCUT2D eigenvalue weighted by molar-refractivity contribution is -0.112. The number of amides is 1. The summed E-state index contributed by atoms with van der Waals surface area (Å²) < 4.78 is 13.3. The zero-order valence-corrected chi connectivity index (χ0v) is 22.2. The third-order valence-corrected chi connectivity index (χ3v) is 6.47. The number of benzene rings is 3. The van der Waals surface area contributed by atoms with Crippen molar-refractivity contribution in [1.82, 2.24) is 0 Å². The summed E-state index contributed by atoms with van der Waals surface area (Å²) in [4.78, 5) is 12.7. The van der Waals surface area contributed by atoms with Crippen molar-refractivity contribution in [3.63, 3.8) is 0 Å². The molecule has 0 aliphatic heterocycles. The van der Waals surface area contributed by atoms with Crippen molar-refractivity contribution in [2.75, 3.05) is 12.4 Å². The van der Waals surface area contributed by atoms with Crippen molar-refractivity contribution in [3.8, 4) is 17.6 Å². The van der Waals surface area contributed by atoms with Crippen molar-refractivity contribution in [1.29, 1.82) is 5.26 Å². The molecule has 7 heteroatoms. The zero-order valence-electron chi connectivity index (χ0n) is 18.4. The molecular formula is C26H22BrIN2O3. The molecule has 5 nitrogen and oxygen atoms in total. The van der Waals surface area contributed by atoms with Gasteiger partial charge in [-0.3, -0.25) is 4.79 Å². The minimum atomic E-state index is -0.463. The van der Waals surface area contributed by atoms with Crippen LogP contribution in [-0.4, -0.2) is 13.0 Å². The van der Waals surface area contributed by atoms with Gasteiger partial charge in [-0.15, -0.1) is 0 Å². The molecule has 0 bridgehead atoms. The third kappa shape index (κ3) is 6.36. The molecule has 0 saturated carbocycles. The smallest absolute Gasteiger partial charge is 0.266 e. The summed E-state index contributed by atoms with van der Waals surface area (Å²) in [5.74, 6) is 0.659. The second-order valence-electron chi connectivity index (χ2n) is 7.36. The van der Waals surface area contributed by atoms with Crippen molar-refractivity contribution < 1.29 is 14.3 Å². The average Bonchev–Trinajstić information content (AvgIpc) is 2.79. The van der Waals surface area contributed by atoms with Gasteiger partial charge in [-0.2, -0.15) is 5.26 Å².